The Balaban J connectivity index is 0.000000482. The zero-order valence-corrected chi connectivity index (χ0v) is 30.6. The van der Waals surface area contributed by atoms with Crippen molar-refractivity contribution >= 4 is 11.6 Å². The van der Waals surface area contributed by atoms with Crippen LogP contribution in [-0.2, 0) is 19.1 Å². The lowest BCUT2D eigenvalue weighted by Gasteiger charge is -1.90. The molecule has 0 spiro atoms. The van der Waals surface area contributed by atoms with E-state index in [0.717, 1.165) is 89.9 Å². The number of unbranched alkanes of at least 4 members (excludes halogenated alkanes) is 1. The van der Waals surface area contributed by atoms with E-state index in [1.54, 1.807) is 13.8 Å². The van der Waals surface area contributed by atoms with Gasteiger partial charge in [0.25, 0.3) is 0 Å². The van der Waals surface area contributed by atoms with Crippen LogP contribution in [0.1, 0.15) is 130 Å². The minimum absolute atomic E-state index is 0.258. The van der Waals surface area contributed by atoms with E-state index in [0.29, 0.717) is 37.3 Å². The van der Waals surface area contributed by atoms with E-state index in [4.69, 9.17) is 9.47 Å². The Kier molecular flexibility index (Phi) is 27.9. The van der Waals surface area contributed by atoms with Gasteiger partial charge in [0.15, 0.2) is 0 Å². The van der Waals surface area contributed by atoms with Gasteiger partial charge in [-0.3, -0.25) is 0 Å². The van der Waals surface area contributed by atoms with Crippen molar-refractivity contribution in [3.63, 3.8) is 0 Å². The third-order valence-electron chi connectivity index (χ3n) is 7.88. The second-order valence-electron chi connectivity index (χ2n) is 12.4. The van der Waals surface area contributed by atoms with Crippen molar-refractivity contribution in [2.45, 2.75) is 155 Å². The molecular weight excluding hydrogens is 592 g/mol. The predicted molar refractivity (Wildman–Crippen MR) is 206 cm³/mol. The highest BCUT2D eigenvalue weighted by atomic mass is 16.6. The monoisotopic (exact) mass is 658 g/mol. The quantitative estimate of drug-likeness (QED) is 0.0500. The minimum Gasteiger partial charge on any atom is -0.369 e. The molecule has 2 fully saturated rings. The van der Waals surface area contributed by atoms with Crippen LogP contribution in [-0.4, -0.2) is 36.0 Å². The SMILES string of the molecule is CCC1OC1C/C=C\C/C=C\C/C=C\C/C=C\C/C=C\CCC(C)=O.CCC1OC1C/C=C\C/C=C\C/C=C\C/C=C\CCCC(C)=O. The normalized spacial score (nSPS) is 21.1. The van der Waals surface area contributed by atoms with Gasteiger partial charge in [0.1, 0.15) is 11.6 Å². The zero-order valence-electron chi connectivity index (χ0n) is 30.6. The number of hydrogen-bond donors (Lipinski definition) is 0. The predicted octanol–water partition coefficient (Wildman–Crippen LogP) is 12.0. The summed E-state index contributed by atoms with van der Waals surface area (Å²) in [5, 5.41) is 0. The molecule has 4 nitrogen and oxygen atoms in total. The molecule has 0 amide bonds. The first-order valence-electron chi connectivity index (χ1n) is 18.6. The summed E-state index contributed by atoms with van der Waals surface area (Å²) in [6.07, 6.45) is 57.0. The Morgan fingerprint density at radius 1 is 0.417 bits per heavy atom. The molecular formula is C44H66O4. The van der Waals surface area contributed by atoms with Crippen molar-refractivity contribution in [3.05, 3.63) is 109 Å². The smallest absolute Gasteiger partial charge is 0.130 e. The summed E-state index contributed by atoms with van der Waals surface area (Å²) >= 11 is 0. The van der Waals surface area contributed by atoms with Crippen molar-refractivity contribution in [1.82, 2.24) is 0 Å². The molecule has 0 saturated carbocycles. The number of carbonyl (C=O) groups excluding carboxylic acids is 2. The molecule has 2 saturated heterocycles. The second-order valence-corrected chi connectivity index (χ2v) is 12.4. The van der Waals surface area contributed by atoms with Crippen LogP contribution in [0.25, 0.3) is 0 Å². The highest BCUT2D eigenvalue weighted by Crippen LogP contribution is 2.28. The highest BCUT2D eigenvalue weighted by molar-refractivity contribution is 5.75. The van der Waals surface area contributed by atoms with Crippen LogP contribution in [0.2, 0.25) is 0 Å². The molecule has 4 unspecified atom stereocenters. The van der Waals surface area contributed by atoms with Crippen molar-refractivity contribution in [1.29, 1.82) is 0 Å². The lowest BCUT2D eigenvalue weighted by Crippen LogP contribution is -1.88. The summed E-state index contributed by atoms with van der Waals surface area (Å²) in [5.41, 5.74) is 0. The number of hydrogen-bond acceptors (Lipinski definition) is 4. The summed E-state index contributed by atoms with van der Waals surface area (Å²) in [4.78, 5) is 21.5. The van der Waals surface area contributed by atoms with E-state index < -0.39 is 0 Å². The van der Waals surface area contributed by atoms with E-state index in [1.807, 2.05) is 0 Å². The van der Waals surface area contributed by atoms with Gasteiger partial charge < -0.3 is 19.1 Å². The molecule has 0 bridgehead atoms. The van der Waals surface area contributed by atoms with Crippen molar-refractivity contribution in [2.24, 2.45) is 0 Å². The van der Waals surface area contributed by atoms with E-state index in [9.17, 15) is 9.59 Å². The average molecular weight is 659 g/mol. The number of epoxide rings is 2. The largest absolute Gasteiger partial charge is 0.369 e. The summed E-state index contributed by atoms with van der Waals surface area (Å²) in [7, 11) is 0. The van der Waals surface area contributed by atoms with Gasteiger partial charge in [0.05, 0.1) is 24.4 Å². The molecule has 48 heavy (non-hydrogen) atoms. The Labute approximate surface area is 294 Å². The Bertz CT molecular complexity index is 1100. The van der Waals surface area contributed by atoms with Gasteiger partial charge in [-0.25, -0.2) is 0 Å². The third-order valence-corrected chi connectivity index (χ3v) is 7.88. The summed E-state index contributed by atoms with van der Waals surface area (Å²) in [6, 6.07) is 0. The molecule has 4 atom stereocenters. The Hall–Kier alpha value is -3.08. The average Bonchev–Trinajstić information content (AvgIpc) is 4.00. The topological polar surface area (TPSA) is 59.2 Å². The van der Waals surface area contributed by atoms with Gasteiger partial charge in [0.2, 0.25) is 0 Å². The standard InChI is InChI=1S/C23H34O2.C21H32O2/c1-3-22-23(25-22)20-18-16-14-12-10-8-6-4-5-7-9-11-13-15-17-19-21(2)24;1-3-20-21(23-20)18-16-14-12-10-8-6-4-5-7-9-11-13-15-17-19(2)22/h4,6-7,9-10,12-13,15-16,18,22-23H,3,5,8,11,14,17,19-20H2,1-2H3;4-5,8-11,14,16,20-21H,3,6-7,12-13,15,17-18H2,1-2H3/b6-4-,9-7-,12-10-,15-13-,18-16-;5-4-,10-8-,11-9-,16-14-. The Morgan fingerprint density at radius 2 is 0.729 bits per heavy atom. The number of carbonyl (C=O) groups is 2. The first-order valence-corrected chi connectivity index (χ1v) is 18.6. The third kappa shape index (κ3) is 29.1. The molecule has 0 radical (unpaired) electrons. The lowest BCUT2D eigenvalue weighted by atomic mass is 10.2. The molecule has 2 aliphatic heterocycles. The molecule has 0 aliphatic carbocycles. The van der Waals surface area contributed by atoms with E-state index in [2.05, 4.69) is 123 Å². The maximum Gasteiger partial charge on any atom is 0.130 e. The molecule has 0 aromatic rings. The fraction of sp³-hybridized carbons (Fsp3) is 0.545. The van der Waals surface area contributed by atoms with E-state index in [-0.39, 0.29) is 11.6 Å². The highest BCUT2D eigenvalue weighted by Gasteiger charge is 2.35. The maximum atomic E-state index is 10.8. The summed E-state index contributed by atoms with van der Waals surface area (Å²) in [6.45, 7) is 7.64. The van der Waals surface area contributed by atoms with Gasteiger partial charge in [-0.1, -0.05) is 123 Å². The molecule has 0 aromatic heterocycles. The lowest BCUT2D eigenvalue weighted by molar-refractivity contribution is -0.117. The van der Waals surface area contributed by atoms with Gasteiger partial charge in [-0.15, -0.1) is 0 Å². The number of Topliss-reactive ketones (excluding diaryl/α,β-unsaturated/α-hetero) is 2. The van der Waals surface area contributed by atoms with Crippen LogP contribution in [0.15, 0.2) is 109 Å². The fourth-order valence-corrected chi connectivity index (χ4v) is 4.84. The van der Waals surface area contributed by atoms with Gasteiger partial charge >= 0.3 is 0 Å². The molecule has 2 rings (SSSR count). The van der Waals surface area contributed by atoms with Crippen LogP contribution in [0.4, 0.5) is 0 Å². The first-order chi connectivity index (χ1) is 23.5. The Morgan fingerprint density at radius 3 is 1.04 bits per heavy atom. The number of ether oxygens (including phenoxy) is 2. The van der Waals surface area contributed by atoms with E-state index >= 15 is 0 Å². The number of rotatable bonds is 27. The second kappa shape index (κ2) is 31.2. The van der Waals surface area contributed by atoms with E-state index in [1.165, 1.54) is 0 Å². The molecule has 0 N–H and O–H groups in total. The first kappa shape index (κ1) is 42.9. The summed E-state index contributed by atoms with van der Waals surface area (Å²) < 4.78 is 11.0. The zero-order chi connectivity index (χ0) is 34.9. The van der Waals surface area contributed by atoms with Crippen LogP contribution < -0.4 is 0 Å². The molecule has 2 aliphatic rings. The van der Waals surface area contributed by atoms with Crippen LogP contribution >= 0.6 is 0 Å². The number of allylic oxidation sites excluding steroid dienone is 16. The maximum absolute atomic E-state index is 10.8. The number of ketones is 2. The minimum atomic E-state index is 0.258. The van der Waals surface area contributed by atoms with Gasteiger partial charge in [-0.05, 0) is 104 Å². The van der Waals surface area contributed by atoms with Gasteiger partial charge in [0, 0.05) is 12.8 Å². The molecule has 266 valence electrons. The van der Waals surface area contributed by atoms with Crippen LogP contribution in [0, 0.1) is 0 Å². The van der Waals surface area contributed by atoms with Crippen molar-refractivity contribution in [3.8, 4) is 0 Å². The van der Waals surface area contributed by atoms with Crippen molar-refractivity contribution < 1.29 is 19.1 Å². The molecule has 2 heterocycles. The van der Waals surface area contributed by atoms with Crippen LogP contribution in [0.3, 0.4) is 0 Å². The van der Waals surface area contributed by atoms with Crippen molar-refractivity contribution in [2.75, 3.05) is 0 Å². The van der Waals surface area contributed by atoms with Crippen LogP contribution in [0.5, 0.6) is 0 Å². The molecule has 0 aromatic carbocycles. The fourth-order valence-electron chi connectivity index (χ4n) is 4.84. The molecule has 4 heteroatoms. The van der Waals surface area contributed by atoms with Gasteiger partial charge in [-0.2, -0.15) is 0 Å². The summed E-state index contributed by atoms with van der Waals surface area (Å²) in [5.74, 6) is 0.541.